The molecule has 0 saturated carbocycles. The third kappa shape index (κ3) is 2.91. The van der Waals surface area contributed by atoms with E-state index in [-0.39, 0.29) is 0 Å². The summed E-state index contributed by atoms with van der Waals surface area (Å²) >= 11 is 0. The molecule has 0 radical (unpaired) electrons. The number of rotatable bonds is 3. The maximum absolute atomic E-state index is 2.21. The van der Waals surface area contributed by atoms with Gasteiger partial charge in [-0.1, -0.05) is 35.9 Å². The topological polar surface area (TPSA) is 3.88 Å². The molecule has 1 aromatic heterocycles. The molecule has 0 aliphatic carbocycles. The van der Waals surface area contributed by atoms with Gasteiger partial charge in [-0.05, 0) is 12.5 Å². The van der Waals surface area contributed by atoms with Gasteiger partial charge in [0.2, 0.25) is 0 Å². The zero-order valence-corrected chi connectivity index (χ0v) is 9.06. The summed E-state index contributed by atoms with van der Waals surface area (Å²) in [6, 6.07) is 14.9. The Morgan fingerprint density at radius 3 is 2.27 bits per heavy atom. The first-order chi connectivity index (χ1) is 7.34. The highest BCUT2D eigenvalue weighted by Crippen LogP contribution is 2.03. The van der Waals surface area contributed by atoms with E-state index in [1.54, 1.807) is 0 Å². The molecule has 1 aromatic carbocycles. The van der Waals surface area contributed by atoms with E-state index in [4.69, 9.17) is 0 Å². The minimum Gasteiger partial charge on any atom is -0.205 e. The van der Waals surface area contributed by atoms with E-state index in [1.807, 2.05) is 6.07 Å². The van der Waals surface area contributed by atoms with Crippen molar-refractivity contribution >= 4 is 0 Å². The smallest absolute Gasteiger partial charge is 0.168 e. The second-order valence-electron chi connectivity index (χ2n) is 3.85. The number of hydrogen-bond donors (Lipinski definition) is 0. The number of hydrogen-bond acceptors (Lipinski definition) is 0. The van der Waals surface area contributed by atoms with Gasteiger partial charge in [0.1, 0.15) is 0 Å². The fraction of sp³-hybridized carbons (Fsp3) is 0.214. The van der Waals surface area contributed by atoms with Gasteiger partial charge in [0, 0.05) is 18.6 Å². The molecule has 0 aliphatic heterocycles. The zero-order chi connectivity index (χ0) is 10.5. The van der Waals surface area contributed by atoms with Crippen LogP contribution in [-0.2, 0) is 13.0 Å². The number of nitrogens with zero attached hydrogens (tertiary/aromatic N) is 1. The maximum atomic E-state index is 2.21. The van der Waals surface area contributed by atoms with Crippen molar-refractivity contribution in [2.75, 3.05) is 0 Å². The summed E-state index contributed by atoms with van der Waals surface area (Å²) in [5, 5.41) is 0. The fourth-order valence-corrected chi connectivity index (χ4v) is 1.60. The molecule has 1 heterocycles. The summed E-state index contributed by atoms with van der Waals surface area (Å²) in [6.45, 7) is 3.17. The fourth-order valence-electron chi connectivity index (χ4n) is 1.60. The molecule has 1 nitrogen and oxygen atoms in total. The largest absolute Gasteiger partial charge is 0.205 e. The molecule has 0 amide bonds. The van der Waals surface area contributed by atoms with E-state index in [1.165, 1.54) is 11.1 Å². The Morgan fingerprint density at radius 2 is 1.60 bits per heavy atom. The molecule has 2 rings (SSSR count). The van der Waals surface area contributed by atoms with Gasteiger partial charge in [-0.15, -0.1) is 0 Å². The predicted octanol–water partition coefficient (Wildman–Crippen LogP) is 2.53. The lowest BCUT2D eigenvalue weighted by Gasteiger charge is -1.99. The summed E-state index contributed by atoms with van der Waals surface area (Å²) < 4.78 is 2.21. The van der Waals surface area contributed by atoms with Crippen molar-refractivity contribution in [3.05, 3.63) is 66.0 Å². The molecule has 15 heavy (non-hydrogen) atoms. The Kier molecular flexibility index (Phi) is 3.13. The van der Waals surface area contributed by atoms with Crippen LogP contribution in [0.5, 0.6) is 0 Å². The van der Waals surface area contributed by atoms with Crippen LogP contribution in [0.15, 0.2) is 54.9 Å². The van der Waals surface area contributed by atoms with Crippen LogP contribution in [-0.4, -0.2) is 0 Å². The molecular weight excluding hydrogens is 182 g/mol. The molecule has 0 N–H and O–H groups in total. The zero-order valence-electron chi connectivity index (χ0n) is 9.06. The number of pyridine rings is 1. The standard InChI is InChI=1S/C14H16N/c1-13-5-7-14(8-6-13)9-12-15-10-3-2-4-11-15/h2-8,10-11H,9,12H2,1H3/q+1. The molecule has 0 unspecified atom stereocenters. The first-order valence-electron chi connectivity index (χ1n) is 5.34. The van der Waals surface area contributed by atoms with Crippen LogP contribution in [0.2, 0.25) is 0 Å². The lowest BCUT2D eigenvalue weighted by molar-refractivity contribution is -0.696. The summed E-state index contributed by atoms with van der Waals surface area (Å²) in [4.78, 5) is 0. The molecule has 0 aliphatic rings. The third-order valence-electron chi connectivity index (χ3n) is 2.56. The van der Waals surface area contributed by atoms with Gasteiger partial charge in [-0.3, -0.25) is 0 Å². The first-order valence-corrected chi connectivity index (χ1v) is 5.34. The van der Waals surface area contributed by atoms with Crippen LogP contribution >= 0.6 is 0 Å². The van der Waals surface area contributed by atoms with Crippen molar-refractivity contribution in [1.82, 2.24) is 0 Å². The molecule has 0 bridgehead atoms. The summed E-state index contributed by atoms with van der Waals surface area (Å²) in [5.41, 5.74) is 2.73. The molecule has 0 saturated heterocycles. The van der Waals surface area contributed by atoms with E-state index < -0.39 is 0 Å². The van der Waals surface area contributed by atoms with Crippen LogP contribution in [0.1, 0.15) is 11.1 Å². The van der Waals surface area contributed by atoms with Gasteiger partial charge in [0.05, 0.1) is 0 Å². The number of benzene rings is 1. The number of aromatic nitrogens is 1. The van der Waals surface area contributed by atoms with E-state index >= 15 is 0 Å². The molecule has 0 atom stereocenters. The van der Waals surface area contributed by atoms with Crippen LogP contribution in [0.25, 0.3) is 0 Å². The molecule has 0 fully saturated rings. The van der Waals surface area contributed by atoms with E-state index in [2.05, 4.69) is 60.3 Å². The van der Waals surface area contributed by atoms with Crippen molar-refractivity contribution in [2.45, 2.75) is 19.9 Å². The van der Waals surface area contributed by atoms with Crippen molar-refractivity contribution < 1.29 is 4.57 Å². The van der Waals surface area contributed by atoms with Crippen LogP contribution < -0.4 is 4.57 Å². The summed E-state index contributed by atoms with van der Waals surface area (Å²) in [6.07, 6.45) is 5.30. The molecule has 2 aromatic rings. The van der Waals surface area contributed by atoms with Gasteiger partial charge >= 0.3 is 0 Å². The van der Waals surface area contributed by atoms with E-state index in [0.717, 1.165) is 13.0 Å². The quantitative estimate of drug-likeness (QED) is 0.667. The lowest BCUT2D eigenvalue weighted by Crippen LogP contribution is -2.33. The second-order valence-corrected chi connectivity index (χ2v) is 3.85. The van der Waals surface area contributed by atoms with Gasteiger partial charge in [0.15, 0.2) is 18.9 Å². The summed E-state index contributed by atoms with van der Waals surface area (Å²) in [5.74, 6) is 0. The molecule has 0 spiro atoms. The Morgan fingerprint density at radius 1 is 0.933 bits per heavy atom. The van der Waals surface area contributed by atoms with E-state index in [0.29, 0.717) is 0 Å². The van der Waals surface area contributed by atoms with Crippen molar-refractivity contribution in [1.29, 1.82) is 0 Å². The average Bonchev–Trinajstić information content (AvgIpc) is 2.30. The Balaban J connectivity index is 1.96. The van der Waals surface area contributed by atoms with E-state index in [9.17, 15) is 0 Å². The minimum absolute atomic E-state index is 1.05. The highest BCUT2D eigenvalue weighted by molar-refractivity contribution is 5.21. The lowest BCUT2D eigenvalue weighted by atomic mass is 10.1. The van der Waals surface area contributed by atoms with Gasteiger partial charge in [0.25, 0.3) is 0 Å². The third-order valence-corrected chi connectivity index (χ3v) is 2.56. The Hall–Kier alpha value is -1.63. The minimum atomic E-state index is 1.05. The van der Waals surface area contributed by atoms with Crippen molar-refractivity contribution in [3.63, 3.8) is 0 Å². The normalized spacial score (nSPS) is 10.2. The molecular formula is C14H16N+. The molecule has 76 valence electrons. The monoisotopic (exact) mass is 198 g/mol. The highest BCUT2D eigenvalue weighted by Gasteiger charge is 1.99. The molecule has 1 heteroatoms. The van der Waals surface area contributed by atoms with Gasteiger partial charge in [-0.25, -0.2) is 4.57 Å². The average molecular weight is 198 g/mol. The highest BCUT2D eigenvalue weighted by atomic mass is 14.9. The SMILES string of the molecule is Cc1ccc(CC[n+]2ccccc2)cc1. The van der Waals surface area contributed by atoms with Crippen molar-refractivity contribution in [2.24, 2.45) is 0 Å². The second kappa shape index (κ2) is 4.74. The van der Waals surface area contributed by atoms with Crippen LogP contribution in [0, 0.1) is 6.92 Å². The maximum Gasteiger partial charge on any atom is 0.168 e. The van der Waals surface area contributed by atoms with Gasteiger partial charge < -0.3 is 0 Å². The van der Waals surface area contributed by atoms with Gasteiger partial charge in [-0.2, -0.15) is 0 Å². The predicted molar refractivity (Wildman–Crippen MR) is 61.5 cm³/mol. The van der Waals surface area contributed by atoms with Crippen LogP contribution in [0.4, 0.5) is 0 Å². The first kappa shape index (κ1) is 9.91. The Bertz CT molecular complexity index is 403. The number of aryl methyl sites for hydroxylation is 3. The van der Waals surface area contributed by atoms with Crippen molar-refractivity contribution in [3.8, 4) is 0 Å². The summed E-state index contributed by atoms with van der Waals surface area (Å²) in [7, 11) is 0. The Labute approximate surface area is 91.0 Å². The van der Waals surface area contributed by atoms with Crippen LogP contribution in [0.3, 0.4) is 0 Å².